The summed E-state index contributed by atoms with van der Waals surface area (Å²) in [6.07, 6.45) is 7.89. The van der Waals surface area contributed by atoms with Crippen molar-refractivity contribution >= 4 is 33.3 Å². The molecule has 0 spiro atoms. The number of pyridine rings is 1. The van der Waals surface area contributed by atoms with Crippen molar-refractivity contribution in [1.29, 1.82) is 0 Å². The largest absolute Gasteiger partial charge is 0.324 e. The van der Waals surface area contributed by atoms with Gasteiger partial charge in [-0.05, 0) is 37.1 Å². The number of hydrogen-bond acceptors (Lipinski definition) is 4. The molecule has 132 valence electrons. The van der Waals surface area contributed by atoms with Crippen molar-refractivity contribution in [2.75, 3.05) is 6.54 Å². The van der Waals surface area contributed by atoms with Gasteiger partial charge in [0, 0.05) is 23.7 Å². The molecule has 0 unspecified atom stereocenters. The van der Waals surface area contributed by atoms with Gasteiger partial charge in [-0.2, -0.15) is 0 Å². The lowest BCUT2D eigenvalue weighted by molar-refractivity contribution is 0.369. The van der Waals surface area contributed by atoms with Gasteiger partial charge in [-0.3, -0.25) is 4.98 Å². The predicted octanol–water partition coefficient (Wildman–Crippen LogP) is 2.99. The maximum Gasteiger partial charge on any atom is 0.241 e. The van der Waals surface area contributed by atoms with E-state index >= 15 is 0 Å². The first-order valence-electron chi connectivity index (χ1n) is 8.13. The standard InChI is InChI=1S/C17H23N3O2S.ClH/c18-17(10-3-1-2-4-11-17)13-20-23(21,22)16-9-5-8-15-14(16)7-6-12-19-15;/h5-9,12,20H,1-4,10-11,13,18H2;1H. The molecule has 0 radical (unpaired) electrons. The highest BCUT2D eigenvalue weighted by Gasteiger charge is 2.28. The molecule has 1 saturated carbocycles. The van der Waals surface area contributed by atoms with Gasteiger partial charge in [-0.15, -0.1) is 12.4 Å². The maximum absolute atomic E-state index is 12.7. The van der Waals surface area contributed by atoms with E-state index in [1.54, 1.807) is 30.5 Å². The van der Waals surface area contributed by atoms with Gasteiger partial charge in [0.1, 0.15) is 0 Å². The van der Waals surface area contributed by atoms with Crippen molar-refractivity contribution in [1.82, 2.24) is 9.71 Å². The molecule has 1 aliphatic rings. The number of halogens is 1. The highest BCUT2D eigenvalue weighted by molar-refractivity contribution is 7.89. The van der Waals surface area contributed by atoms with Crippen LogP contribution in [0.15, 0.2) is 41.4 Å². The second-order valence-corrected chi connectivity index (χ2v) is 8.16. The summed E-state index contributed by atoms with van der Waals surface area (Å²) in [6, 6.07) is 8.66. The van der Waals surface area contributed by atoms with Gasteiger partial charge in [0.15, 0.2) is 0 Å². The molecule has 2 aromatic rings. The van der Waals surface area contributed by atoms with E-state index in [-0.39, 0.29) is 23.8 Å². The normalized spacial score (nSPS) is 17.9. The zero-order valence-electron chi connectivity index (χ0n) is 13.6. The van der Waals surface area contributed by atoms with E-state index < -0.39 is 15.6 Å². The lowest BCUT2D eigenvalue weighted by atomic mass is 9.92. The Morgan fingerprint density at radius 2 is 1.79 bits per heavy atom. The minimum Gasteiger partial charge on any atom is -0.324 e. The Morgan fingerprint density at radius 3 is 2.50 bits per heavy atom. The van der Waals surface area contributed by atoms with Gasteiger partial charge >= 0.3 is 0 Å². The van der Waals surface area contributed by atoms with E-state index in [1.807, 2.05) is 6.07 Å². The molecule has 5 nitrogen and oxygen atoms in total. The van der Waals surface area contributed by atoms with Gasteiger partial charge in [0.25, 0.3) is 0 Å². The number of benzene rings is 1. The lowest BCUT2D eigenvalue weighted by Gasteiger charge is -2.28. The summed E-state index contributed by atoms with van der Waals surface area (Å²) < 4.78 is 28.2. The van der Waals surface area contributed by atoms with E-state index in [0.29, 0.717) is 10.9 Å². The summed E-state index contributed by atoms with van der Waals surface area (Å²) in [4.78, 5) is 4.48. The summed E-state index contributed by atoms with van der Waals surface area (Å²) in [6.45, 7) is 0.284. The van der Waals surface area contributed by atoms with E-state index in [9.17, 15) is 8.42 Å². The SMILES string of the molecule is Cl.NC1(CNS(=O)(=O)c2cccc3ncccc23)CCCCCC1. The number of nitrogens with one attached hydrogen (secondary N) is 1. The fraction of sp³-hybridized carbons (Fsp3) is 0.471. The highest BCUT2D eigenvalue weighted by Crippen LogP contribution is 2.26. The van der Waals surface area contributed by atoms with Gasteiger partial charge in [-0.1, -0.05) is 31.7 Å². The molecule has 1 aromatic carbocycles. The Balaban J connectivity index is 0.00000208. The third-order valence-corrected chi connectivity index (χ3v) is 6.07. The molecule has 1 fully saturated rings. The fourth-order valence-electron chi connectivity index (χ4n) is 3.24. The van der Waals surface area contributed by atoms with Crippen molar-refractivity contribution in [2.24, 2.45) is 5.73 Å². The van der Waals surface area contributed by atoms with E-state index in [2.05, 4.69) is 9.71 Å². The average Bonchev–Trinajstić information content (AvgIpc) is 2.78. The Bertz CT molecular complexity index is 782. The molecule has 0 saturated heterocycles. The maximum atomic E-state index is 12.7. The summed E-state index contributed by atoms with van der Waals surface area (Å²) >= 11 is 0. The summed E-state index contributed by atoms with van der Waals surface area (Å²) in [5.41, 5.74) is 6.65. The number of nitrogens with two attached hydrogens (primary N) is 1. The molecule has 1 aliphatic carbocycles. The quantitative estimate of drug-likeness (QED) is 0.811. The average molecular weight is 370 g/mol. The van der Waals surface area contributed by atoms with Crippen LogP contribution in [0.4, 0.5) is 0 Å². The topological polar surface area (TPSA) is 85.1 Å². The third kappa shape index (κ3) is 4.25. The molecule has 1 heterocycles. The first kappa shape index (κ1) is 19.1. The molecule has 1 aromatic heterocycles. The molecule has 0 amide bonds. The Morgan fingerprint density at radius 1 is 1.08 bits per heavy atom. The van der Waals surface area contributed by atoms with E-state index in [0.717, 1.165) is 25.7 Å². The molecule has 24 heavy (non-hydrogen) atoms. The van der Waals surface area contributed by atoms with Crippen LogP contribution in [0, 0.1) is 0 Å². The molecule has 7 heteroatoms. The zero-order valence-corrected chi connectivity index (χ0v) is 15.2. The van der Waals surface area contributed by atoms with Crippen LogP contribution < -0.4 is 10.5 Å². The van der Waals surface area contributed by atoms with Crippen LogP contribution in [-0.4, -0.2) is 25.5 Å². The van der Waals surface area contributed by atoms with Crippen molar-refractivity contribution < 1.29 is 8.42 Å². The van der Waals surface area contributed by atoms with Crippen LogP contribution in [0.25, 0.3) is 10.9 Å². The molecule has 0 aliphatic heterocycles. The second-order valence-electron chi connectivity index (χ2n) is 6.43. The number of nitrogens with zero attached hydrogens (tertiary/aromatic N) is 1. The van der Waals surface area contributed by atoms with Gasteiger partial charge < -0.3 is 5.73 Å². The minimum atomic E-state index is -3.61. The number of rotatable bonds is 4. The second kappa shape index (κ2) is 7.78. The summed E-state index contributed by atoms with van der Waals surface area (Å²) in [5, 5.41) is 0.634. The summed E-state index contributed by atoms with van der Waals surface area (Å²) in [5.74, 6) is 0. The number of aromatic nitrogens is 1. The van der Waals surface area contributed by atoms with Gasteiger partial charge in [0.2, 0.25) is 10.0 Å². The van der Waals surface area contributed by atoms with Crippen molar-refractivity contribution in [2.45, 2.75) is 49.0 Å². The molecule has 0 atom stereocenters. The predicted molar refractivity (Wildman–Crippen MR) is 98.8 cm³/mol. The zero-order chi connectivity index (χ0) is 16.3. The van der Waals surface area contributed by atoms with Gasteiger partial charge in [0.05, 0.1) is 10.4 Å². The van der Waals surface area contributed by atoms with Crippen LogP contribution in [-0.2, 0) is 10.0 Å². The van der Waals surface area contributed by atoms with Crippen molar-refractivity contribution in [3.05, 3.63) is 36.5 Å². The number of hydrogen-bond donors (Lipinski definition) is 2. The first-order chi connectivity index (χ1) is 11.0. The highest BCUT2D eigenvalue weighted by atomic mass is 35.5. The monoisotopic (exact) mass is 369 g/mol. The minimum absolute atomic E-state index is 0. The summed E-state index contributed by atoms with van der Waals surface area (Å²) in [7, 11) is -3.61. The van der Waals surface area contributed by atoms with E-state index in [1.165, 1.54) is 12.8 Å². The van der Waals surface area contributed by atoms with Crippen LogP contribution in [0.1, 0.15) is 38.5 Å². The number of sulfonamides is 1. The Labute approximate surface area is 149 Å². The van der Waals surface area contributed by atoms with Crippen LogP contribution in [0.2, 0.25) is 0 Å². The van der Waals surface area contributed by atoms with Crippen molar-refractivity contribution in [3.8, 4) is 0 Å². The molecule has 3 rings (SSSR count). The smallest absolute Gasteiger partial charge is 0.241 e. The first-order valence-corrected chi connectivity index (χ1v) is 9.61. The molecular weight excluding hydrogens is 346 g/mol. The van der Waals surface area contributed by atoms with Crippen LogP contribution in [0.5, 0.6) is 0 Å². The van der Waals surface area contributed by atoms with Crippen molar-refractivity contribution in [3.63, 3.8) is 0 Å². The lowest BCUT2D eigenvalue weighted by Crippen LogP contribution is -2.49. The fourth-order valence-corrected chi connectivity index (χ4v) is 4.59. The molecule has 0 bridgehead atoms. The number of fused-ring (bicyclic) bond motifs is 1. The Hall–Kier alpha value is -1.21. The molecular formula is C17H24ClN3O2S. The van der Waals surface area contributed by atoms with Crippen LogP contribution in [0.3, 0.4) is 0 Å². The van der Waals surface area contributed by atoms with E-state index in [4.69, 9.17) is 5.73 Å². The third-order valence-electron chi connectivity index (χ3n) is 4.61. The van der Waals surface area contributed by atoms with Gasteiger partial charge in [-0.25, -0.2) is 13.1 Å². The van der Waals surface area contributed by atoms with Crippen LogP contribution >= 0.6 is 12.4 Å². The molecule has 3 N–H and O–H groups in total. The Kier molecular flexibility index (Phi) is 6.20.